The molecule has 6 heteroatoms. The van der Waals surface area contributed by atoms with E-state index in [0.717, 1.165) is 0 Å². The van der Waals surface area contributed by atoms with Crippen molar-refractivity contribution >= 4 is 23.4 Å². The molecule has 0 radical (unpaired) electrons. The molecular weight excluding hydrogens is 311 g/mol. The Bertz CT molecular complexity index is 737. The van der Waals surface area contributed by atoms with Crippen LogP contribution in [0.1, 0.15) is 31.1 Å². The monoisotopic (exact) mass is 330 g/mol. The Hall–Kier alpha value is -2.89. The molecule has 0 aliphatic heterocycles. The first kappa shape index (κ1) is 17.5. The molecule has 2 N–H and O–H groups in total. The number of rotatable bonds is 3. The Morgan fingerprint density at radius 3 is 2.17 bits per heavy atom. The van der Waals surface area contributed by atoms with Crippen LogP contribution >= 0.6 is 0 Å². The number of hydrogen-bond acceptors (Lipinski definition) is 3. The molecule has 0 spiro atoms. The molecule has 0 unspecified atom stereocenters. The van der Waals surface area contributed by atoms with Crippen molar-refractivity contribution in [2.24, 2.45) is 0 Å². The largest absolute Gasteiger partial charge is 0.444 e. The van der Waals surface area contributed by atoms with Crippen molar-refractivity contribution in [3.05, 3.63) is 59.9 Å². The van der Waals surface area contributed by atoms with Crippen LogP contribution in [0.3, 0.4) is 0 Å². The zero-order valence-corrected chi connectivity index (χ0v) is 13.7. The summed E-state index contributed by atoms with van der Waals surface area (Å²) in [5.74, 6) is -0.946. The maximum Gasteiger partial charge on any atom is 0.412 e. The lowest BCUT2D eigenvalue weighted by atomic mass is 10.2. The van der Waals surface area contributed by atoms with Crippen LogP contribution in [0.5, 0.6) is 0 Å². The number of para-hydroxylation sites is 1. The minimum atomic E-state index is -0.594. The summed E-state index contributed by atoms with van der Waals surface area (Å²) in [7, 11) is 0. The summed E-state index contributed by atoms with van der Waals surface area (Å²) >= 11 is 0. The molecule has 2 rings (SSSR count). The maximum absolute atomic E-state index is 13.5. The van der Waals surface area contributed by atoms with Crippen molar-refractivity contribution in [1.29, 1.82) is 0 Å². The average Bonchev–Trinajstić information content (AvgIpc) is 2.48. The third-order valence-electron chi connectivity index (χ3n) is 2.91. The molecule has 126 valence electrons. The molecule has 0 bridgehead atoms. The van der Waals surface area contributed by atoms with Crippen LogP contribution in [0.25, 0.3) is 0 Å². The molecular formula is C18H19FN2O3. The number of ether oxygens (including phenoxy) is 1. The first-order chi connectivity index (χ1) is 11.2. The molecule has 5 nitrogen and oxygen atoms in total. The third-order valence-corrected chi connectivity index (χ3v) is 2.91. The Kier molecular flexibility index (Phi) is 5.18. The van der Waals surface area contributed by atoms with E-state index in [1.54, 1.807) is 45.0 Å². The van der Waals surface area contributed by atoms with Gasteiger partial charge < -0.3 is 10.1 Å². The molecule has 0 saturated carbocycles. The minimum absolute atomic E-state index is 0.110. The fourth-order valence-electron chi connectivity index (χ4n) is 1.88. The quantitative estimate of drug-likeness (QED) is 0.875. The van der Waals surface area contributed by atoms with E-state index in [2.05, 4.69) is 10.6 Å². The molecule has 2 aromatic carbocycles. The van der Waals surface area contributed by atoms with Gasteiger partial charge in [0.25, 0.3) is 5.91 Å². The van der Waals surface area contributed by atoms with Crippen LogP contribution in [0.15, 0.2) is 48.5 Å². The number of amides is 2. The zero-order chi connectivity index (χ0) is 17.7. The number of anilines is 2. The molecule has 0 aliphatic rings. The average molecular weight is 330 g/mol. The van der Waals surface area contributed by atoms with E-state index < -0.39 is 23.4 Å². The van der Waals surface area contributed by atoms with Gasteiger partial charge >= 0.3 is 6.09 Å². The van der Waals surface area contributed by atoms with Gasteiger partial charge in [-0.2, -0.15) is 0 Å². The fraction of sp³-hybridized carbons (Fsp3) is 0.222. The highest BCUT2D eigenvalue weighted by Gasteiger charge is 2.16. The lowest BCUT2D eigenvalue weighted by Gasteiger charge is -2.19. The Morgan fingerprint density at radius 1 is 0.958 bits per heavy atom. The van der Waals surface area contributed by atoms with E-state index >= 15 is 0 Å². The Labute approximate surface area is 139 Å². The van der Waals surface area contributed by atoms with Gasteiger partial charge in [0.05, 0.1) is 5.69 Å². The fourth-order valence-corrected chi connectivity index (χ4v) is 1.88. The standard InChI is InChI=1S/C18H19FN2O3/c1-18(2,3)24-17(23)20-13-10-8-12(9-11-13)16(22)21-15-7-5-4-6-14(15)19/h4-11H,1-3H3,(H,20,23)(H,21,22). The lowest BCUT2D eigenvalue weighted by molar-refractivity contribution is 0.0636. The second-order valence-corrected chi connectivity index (χ2v) is 6.14. The highest BCUT2D eigenvalue weighted by molar-refractivity contribution is 6.04. The summed E-state index contributed by atoms with van der Waals surface area (Å²) in [6.07, 6.45) is -0.578. The Morgan fingerprint density at radius 2 is 1.58 bits per heavy atom. The lowest BCUT2D eigenvalue weighted by Crippen LogP contribution is -2.27. The molecule has 24 heavy (non-hydrogen) atoms. The van der Waals surface area contributed by atoms with Crippen molar-refractivity contribution in [3.63, 3.8) is 0 Å². The van der Waals surface area contributed by atoms with E-state index in [1.165, 1.54) is 24.3 Å². The molecule has 0 atom stereocenters. The van der Waals surface area contributed by atoms with Gasteiger partial charge in [-0.25, -0.2) is 9.18 Å². The van der Waals surface area contributed by atoms with Gasteiger partial charge in [0.15, 0.2) is 0 Å². The second kappa shape index (κ2) is 7.12. The molecule has 0 saturated heterocycles. The topological polar surface area (TPSA) is 67.4 Å². The van der Waals surface area contributed by atoms with Gasteiger partial charge in [0.2, 0.25) is 0 Å². The summed E-state index contributed by atoms with van der Waals surface area (Å²) in [5, 5.41) is 5.06. The minimum Gasteiger partial charge on any atom is -0.444 e. The highest BCUT2D eigenvalue weighted by Crippen LogP contribution is 2.16. The van der Waals surface area contributed by atoms with Crippen LogP contribution < -0.4 is 10.6 Å². The smallest absolute Gasteiger partial charge is 0.412 e. The van der Waals surface area contributed by atoms with Gasteiger partial charge in [-0.15, -0.1) is 0 Å². The number of benzene rings is 2. The van der Waals surface area contributed by atoms with Crippen LogP contribution in [0.2, 0.25) is 0 Å². The van der Waals surface area contributed by atoms with Crippen molar-refractivity contribution in [2.45, 2.75) is 26.4 Å². The highest BCUT2D eigenvalue weighted by atomic mass is 19.1. The maximum atomic E-state index is 13.5. The van der Waals surface area contributed by atoms with Crippen molar-refractivity contribution in [1.82, 2.24) is 0 Å². The number of carbonyl (C=O) groups excluding carboxylic acids is 2. The number of hydrogen-bond donors (Lipinski definition) is 2. The van der Waals surface area contributed by atoms with Crippen molar-refractivity contribution in [2.75, 3.05) is 10.6 Å². The summed E-state index contributed by atoms with van der Waals surface area (Å²) in [4.78, 5) is 23.8. The predicted molar refractivity (Wildman–Crippen MR) is 90.7 cm³/mol. The van der Waals surface area contributed by atoms with Gasteiger partial charge in [-0.05, 0) is 57.2 Å². The molecule has 0 aromatic heterocycles. The summed E-state index contributed by atoms with van der Waals surface area (Å²) in [6, 6.07) is 12.1. The number of carbonyl (C=O) groups is 2. The summed E-state index contributed by atoms with van der Waals surface area (Å²) in [6.45, 7) is 5.30. The Balaban J connectivity index is 2.00. The first-order valence-corrected chi connectivity index (χ1v) is 7.40. The van der Waals surface area contributed by atoms with Gasteiger partial charge in [-0.3, -0.25) is 10.1 Å². The second-order valence-electron chi connectivity index (χ2n) is 6.14. The van der Waals surface area contributed by atoms with E-state index in [-0.39, 0.29) is 5.69 Å². The third kappa shape index (κ3) is 5.08. The van der Waals surface area contributed by atoms with Crippen LogP contribution in [-0.2, 0) is 4.74 Å². The van der Waals surface area contributed by atoms with E-state index in [0.29, 0.717) is 11.3 Å². The van der Waals surface area contributed by atoms with Gasteiger partial charge in [0, 0.05) is 11.3 Å². The summed E-state index contributed by atoms with van der Waals surface area (Å²) in [5.41, 5.74) is 0.349. The number of nitrogens with one attached hydrogen (secondary N) is 2. The predicted octanol–water partition coefficient (Wildman–Crippen LogP) is 4.43. The molecule has 0 heterocycles. The molecule has 2 amide bonds. The summed E-state index contributed by atoms with van der Waals surface area (Å²) < 4.78 is 18.7. The van der Waals surface area contributed by atoms with E-state index in [4.69, 9.17) is 4.74 Å². The van der Waals surface area contributed by atoms with Crippen LogP contribution in [0.4, 0.5) is 20.6 Å². The van der Waals surface area contributed by atoms with E-state index in [9.17, 15) is 14.0 Å². The van der Waals surface area contributed by atoms with Crippen molar-refractivity contribution < 1.29 is 18.7 Å². The van der Waals surface area contributed by atoms with Gasteiger partial charge in [0.1, 0.15) is 11.4 Å². The molecule has 0 fully saturated rings. The molecule has 0 aliphatic carbocycles. The van der Waals surface area contributed by atoms with E-state index in [1.807, 2.05) is 0 Å². The van der Waals surface area contributed by atoms with Crippen molar-refractivity contribution in [3.8, 4) is 0 Å². The van der Waals surface area contributed by atoms with Crippen LogP contribution in [0, 0.1) is 5.82 Å². The SMILES string of the molecule is CC(C)(C)OC(=O)Nc1ccc(C(=O)Nc2ccccc2F)cc1. The molecule has 2 aromatic rings. The normalized spacial score (nSPS) is 10.8. The first-order valence-electron chi connectivity index (χ1n) is 7.40. The number of halogens is 1. The van der Waals surface area contributed by atoms with Gasteiger partial charge in [-0.1, -0.05) is 12.1 Å². The zero-order valence-electron chi connectivity index (χ0n) is 13.7. The van der Waals surface area contributed by atoms with Crippen LogP contribution in [-0.4, -0.2) is 17.6 Å².